The van der Waals surface area contributed by atoms with Crippen LogP contribution in [0.3, 0.4) is 0 Å². The summed E-state index contributed by atoms with van der Waals surface area (Å²) in [5, 5.41) is 5.18. The lowest BCUT2D eigenvalue weighted by Crippen LogP contribution is -2.16. The van der Waals surface area contributed by atoms with Gasteiger partial charge in [-0.3, -0.25) is 14.0 Å². The van der Waals surface area contributed by atoms with E-state index in [1.54, 1.807) is 24.4 Å². The smallest absolute Gasteiger partial charge is 0.265 e. The van der Waals surface area contributed by atoms with Crippen LogP contribution >= 0.6 is 11.6 Å². The van der Waals surface area contributed by atoms with Gasteiger partial charge in [0.1, 0.15) is 5.88 Å². The zero-order valence-corrected chi connectivity index (χ0v) is 14.7. The lowest BCUT2D eigenvalue weighted by atomic mass is 10.2. The number of nitrogens with zero attached hydrogens (tertiary/aromatic N) is 2. The fourth-order valence-corrected chi connectivity index (χ4v) is 3.51. The number of pyridine rings is 1. The highest BCUT2D eigenvalue weighted by atomic mass is 35.5. The maximum atomic E-state index is 13.0. The first-order valence-electron chi connectivity index (χ1n) is 8.37. The van der Waals surface area contributed by atoms with E-state index in [0.717, 1.165) is 21.8 Å². The van der Waals surface area contributed by atoms with Crippen molar-refractivity contribution in [3.63, 3.8) is 0 Å². The highest BCUT2D eigenvalue weighted by Crippen LogP contribution is 2.27. The first-order chi connectivity index (χ1) is 13.2. The molecule has 0 unspecified atom stereocenters. The molecule has 27 heavy (non-hydrogen) atoms. The molecule has 0 saturated heterocycles. The summed E-state index contributed by atoms with van der Waals surface area (Å²) < 4.78 is 1.52. The normalized spacial score (nSPS) is 11.6. The van der Waals surface area contributed by atoms with Gasteiger partial charge in [0.15, 0.2) is 5.65 Å². The number of benzene rings is 2. The van der Waals surface area contributed by atoms with Crippen LogP contribution < -0.4 is 10.9 Å². The molecular formula is C20H13ClN4O2. The number of hydrogen-bond acceptors (Lipinski definition) is 3. The molecule has 1 amide bonds. The molecule has 5 rings (SSSR count). The third-order valence-electron chi connectivity index (χ3n) is 4.67. The molecule has 7 heteroatoms. The van der Waals surface area contributed by atoms with Crippen LogP contribution in [0, 0.1) is 0 Å². The molecule has 0 aliphatic rings. The second-order valence-electron chi connectivity index (χ2n) is 6.30. The third kappa shape index (κ3) is 2.38. The minimum absolute atomic E-state index is 0.147. The molecule has 0 radical (unpaired) electrons. The molecule has 0 aliphatic carbocycles. The number of alkyl halides is 1. The zero-order chi connectivity index (χ0) is 18.5. The molecule has 2 aromatic carbocycles. The number of rotatable bonds is 2. The Balaban J connectivity index is 1.83. The van der Waals surface area contributed by atoms with Crippen molar-refractivity contribution in [2.45, 2.75) is 0 Å². The van der Waals surface area contributed by atoms with E-state index in [-0.39, 0.29) is 17.3 Å². The summed E-state index contributed by atoms with van der Waals surface area (Å²) in [4.78, 5) is 32.6. The van der Waals surface area contributed by atoms with Gasteiger partial charge >= 0.3 is 0 Å². The van der Waals surface area contributed by atoms with Crippen molar-refractivity contribution in [2.24, 2.45) is 0 Å². The number of nitrogens with one attached hydrogen (secondary N) is 2. The van der Waals surface area contributed by atoms with Gasteiger partial charge in [-0.1, -0.05) is 18.2 Å². The molecule has 0 bridgehead atoms. The van der Waals surface area contributed by atoms with Gasteiger partial charge in [0.05, 0.1) is 16.4 Å². The molecule has 5 aromatic rings. The standard InChI is InChI=1S/C20H13ClN4O2/c21-10-17(26)22-11-5-6-16-14(9-11)20(27)25-8-7-13-12-3-1-2-4-15(12)23-18(13)19(25)24-16/h1-9,23H,10H2,(H,22,26). The first kappa shape index (κ1) is 15.8. The second-order valence-corrected chi connectivity index (χ2v) is 6.57. The van der Waals surface area contributed by atoms with Crippen molar-refractivity contribution < 1.29 is 4.79 Å². The topological polar surface area (TPSA) is 79.3 Å². The Kier molecular flexibility index (Phi) is 3.42. The fourth-order valence-electron chi connectivity index (χ4n) is 3.45. The molecule has 3 heterocycles. The van der Waals surface area contributed by atoms with Gasteiger partial charge < -0.3 is 10.3 Å². The quantitative estimate of drug-likeness (QED) is 0.364. The van der Waals surface area contributed by atoms with E-state index in [1.807, 2.05) is 30.3 Å². The number of anilines is 1. The number of carbonyl (C=O) groups is 1. The molecule has 0 spiro atoms. The van der Waals surface area contributed by atoms with E-state index >= 15 is 0 Å². The lowest BCUT2D eigenvalue weighted by Gasteiger charge is -2.07. The number of amides is 1. The third-order valence-corrected chi connectivity index (χ3v) is 4.91. The highest BCUT2D eigenvalue weighted by Gasteiger charge is 2.13. The second kappa shape index (κ2) is 5.82. The molecular weight excluding hydrogens is 364 g/mol. The minimum Gasteiger partial charge on any atom is -0.351 e. The van der Waals surface area contributed by atoms with E-state index in [9.17, 15) is 9.59 Å². The van der Waals surface area contributed by atoms with Gasteiger partial charge in [-0.05, 0) is 30.3 Å². The fraction of sp³-hybridized carbons (Fsp3) is 0.0500. The van der Waals surface area contributed by atoms with Crippen molar-refractivity contribution in [2.75, 3.05) is 11.2 Å². The molecule has 0 fully saturated rings. The van der Waals surface area contributed by atoms with Gasteiger partial charge in [-0.25, -0.2) is 4.98 Å². The van der Waals surface area contributed by atoms with Crippen LogP contribution in [-0.2, 0) is 4.79 Å². The van der Waals surface area contributed by atoms with Crippen LogP contribution in [0.15, 0.2) is 59.5 Å². The number of aromatic amines is 1. The van der Waals surface area contributed by atoms with Gasteiger partial charge in [0.2, 0.25) is 5.91 Å². The molecule has 0 aliphatic heterocycles. The average molecular weight is 377 g/mol. The molecule has 3 aromatic heterocycles. The van der Waals surface area contributed by atoms with Crippen molar-refractivity contribution >= 4 is 61.6 Å². The summed E-state index contributed by atoms with van der Waals surface area (Å²) in [6, 6.07) is 14.9. The Labute approximate surface area is 157 Å². The van der Waals surface area contributed by atoms with Crippen LogP contribution in [-0.4, -0.2) is 26.2 Å². The SMILES string of the molecule is O=C(CCl)Nc1ccc2nc3c4[nH]c5ccccc5c4ccn3c(=O)c2c1. The summed E-state index contributed by atoms with van der Waals surface area (Å²) in [7, 11) is 0. The number of para-hydroxylation sites is 1. The van der Waals surface area contributed by atoms with Gasteiger partial charge in [-0.2, -0.15) is 0 Å². The van der Waals surface area contributed by atoms with E-state index in [4.69, 9.17) is 16.6 Å². The number of halogens is 1. The predicted octanol–water partition coefficient (Wildman–Crippen LogP) is 3.66. The molecule has 6 nitrogen and oxygen atoms in total. The van der Waals surface area contributed by atoms with Crippen LogP contribution in [0.5, 0.6) is 0 Å². The lowest BCUT2D eigenvalue weighted by molar-refractivity contribution is -0.113. The van der Waals surface area contributed by atoms with Gasteiger partial charge in [-0.15, -0.1) is 11.6 Å². The van der Waals surface area contributed by atoms with E-state index in [1.165, 1.54) is 4.40 Å². The van der Waals surface area contributed by atoms with Crippen LogP contribution in [0.1, 0.15) is 0 Å². The number of carbonyl (C=O) groups excluding carboxylic acids is 1. The summed E-state index contributed by atoms with van der Waals surface area (Å²) in [5.74, 6) is -0.476. The number of H-pyrrole nitrogens is 1. The maximum absolute atomic E-state index is 13.0. The summed E-state index contributed by atoms with van der Waals surface area (Å²) in [6.45, 7) is 0. The van der Waals surface area contributed by atoms with Crippen molar-refractivity contribution in [3.05, 3.63) is 65.1 Å². The minimum atomic E-state index is -0.329. The summed E-state index contributed by atoms with van der Waals surface area (Å²) in [5.41, 5.74) is 3.26. The molecule has 132 valence electrons. The Morgan fingerprint density at radius 2 is 1.96 bits per heavy atom. The molecule has 0 atom stereocenters. The molecule has 2 N–H and O–H groups in total. The van der Waals surface area contributed by atoms with Crippen LogP contribution in [0.25, 0.3) is 38.4 Å². The van der Waals surface area contributed by atoms with Gasteiger partial charge in [0.25, 0.3) is 5.56 Å². The predicted molar refractivity (Wildman–Crippen MR) is 108 cm³/mol. The Hall–Kier alpha value is -3.38. The molecule has 0 saturated carbocycles. The maximum Gasteiger partial charge on any atom is 0.265 e. The zero-order valence-electron chi connectivity index (χ0n) is 14.0. The monoisotopic (exact) mass is 376 g/mol. The largest absolute Gasteiger partial charge is 0.351 e. The number of fused-ring (bicyclic) bond motifs is 6. The Morgan fingerprint density at radius 3 is 2.81 bits per heavy atom. The van der Waals surface area contributed by atoms with E-state index < -0.39 is 0 Å². The van der Waals surface area contributed by atoms with Crippen LogP contribution in [0.2, 0.25) is 0 Å². The van der Waals surface area contributed by atoms with Crippen LogP contribution in [0.4, 0.5) is 5.69 Å². The first-order valence-corrected chi connectivity index (χ1v) is 8.90. The number of aromatic nitrogens is 3. The van der Waals surface area contributed by atoms with Gasteiger partial charge in [0, 0.05) is 28.2 Å². The summed E-state index contributed by atoms with van der Waals surface area (Å²) >= 11 is 5.52. The number of hydrogen-bond donors (Lipinski definition) is 2. The average Bonchev–Trinajstić information content (AvgIpc) is 3.08. The van der Waals surface area contributed by atoms with Crippen molar-refractivity contribution in [1.29, 1.82) is 0 Å². The van der Waals surface area contributed by atoms with Crippen molar-refractivity contribution in [3.8, 4) is 0 Å². The highest BCUT2D eigenvalue weighted by molar-refractivity contribution is 6.29. The van der Waals surface area contributed by atoms with E-state index in [0.29, 0.717) is 22.2 Å². The van der Waals surface area contributed by atoms with E-state index in [2.05, 4.69) is 10.3 Å². The Morgan fingerprint density at radius 1 is 1.11 bits per heavy atom. The Bertz CT molecular complexity index is 1430. The van der Waals surface area contributed by atoms with Crippen molar-refractivity contribution in [1.82, 2.24) is 14.4 Å². The summed E-state index contributed by atoms with van der Waals surface area (Å²) in [6.07, 6.45) is 1.73.